The van der Waals surface area contributed by atoms with Gasteiger partial charge in [0.25, 0.3) is 0 Å². The first-order valence-corrected chi connectivity index (χ1v) is 5.15. The van der Waals surface area contributed by atoms with Gasteiger partial charge in [-0.05, 0) is 31.5 Å². The minimum atomic E-state index is -0.115. The van der Waals surface area contributed by atoms with E-state index in [1.165, 1.54) is 0 Å². The standard InChI is InChI=1S/C12H16ClNO.ClH/c1-8(2)6-11(14)10-7-9(13)4-5-12(10)15-3;/h4-5,7,11H,1,6,14H2,2-3H3;1H/t11-;/m1./s1. The van der Waals surface area contributed by atoms with E-state index in [0.29, 0.717) is 5.02 Å². The van der Waals surface area contributed by atoms with Crippen LogP contribution in [0.4, 0.5) is 0 Å². The van der Waals surface area contributed by atoms with Crippen LogP contribution in [0.15, 0.2) is 30.4 Å². The quantitative estimate of drug-likeness (QED) is 0.839. The Morgan fingerprint density at radius 2 is 2.19 bits per heavy atom. The summed E-state index contributed by atoms with van der Waals surface area (Å²) in [6.45, 7) is 5.80. The molecule has 2 N–H and O–H groups in total. The fraction of sp³-hybridized carbons (Fsp3) is 0.333. The molecule has 4 heteroatoms. The average molecular weight is 262 g/mol. The van der Waals surface area contributed by atoms with Gasteiger partial charge in [-0.3, -0.25) is 0 Å². The van der Waals surface area contributed by atoms with E-state index in [2.05, 4.69) is 6.58 Å². The third-order valence-corrected chi connectivity index (χ3v) is 2.39. The number of benzene rings is 1. The zero-order valence-electron chi connectivity index (χ0n) is 9.50. The zero-order valence-corrected chi connectivity index (χ0v) is 11.1. The molecule has 0 heterocycles. The average Bonchev–Trinajstić information content (AvgIpc) is 2.16. The molecule has 1 atom stereocenters. The Morgan fingerprint density at radius 3 is 2.69 bits per heavy atom. The van der Waals surface area contributed by atoms with E-state index in [-0.39, 0.29) is 18.4 Å². The monoisotopic (exact) mass is 261 g/mol. The Bertz CT molecular complexity index is 366. The molecule has 1 aromatic rings. The van der Waals surface area contributed by atoms with Gasteiger partial charge in [-0.15, -0.1) is 19.0 Å². The molecule has 90 valence electrons. The molecule has 0 aliphatic rings. The molecule has 0 aliphatic carbocycles. The van der Waals surface area contributed by atoms with Gasteiger partial charge in [0.05, 0.1) is 7.11 Å². The molecule has 0 bridgehead atoms. The molecule has 0 spiro atoms. The van der Waals surface area contributed by atoms with Crippen molar-refractivity contribution in [1.29, 1.82) is 0 Å². The molecule has 0 aromatic heterocycles. The topological polar surface area (TPSA) is 35.2 Å². The van der Waals surface area contributed by atoms with Crippen molar-refractivity contribution in [1.82, 2.24) is 0 Å². The van der Waals surface area contributed by atoms with Gasteiger partial charge in [0, 0.05) is 16.6 Å². The van der Waals surface area contributed by atoms with Crippen LogP contribution in [-0.2, 0) is 0 Å². The summed E-state index contributed by atoms with van der Waals surface area (Å²) in [5, 5.41) is 0.669. The maximum atomic E-state index is 6.04. The van der Waals surface area contributed by atoms with Crippen molar-refractivity contribution in [2.24, 2.45) is 5.73 Å². The van der Waals surface area contributed by atoms with Crippen LogP contribution in [0.1, 0.15) is 24.9 Å². The van der Waals surface area contributed by atoms with Crippen LogP contribution in [0.3, 0.4) is 0 Å². The molecule has 16 heavy (non-hydrogen) atoms. The Kier molecular flexibility index (Phi) is 6.49. The van der Waals surface area contributed by atoms with Gasteiger partial charge in [0.1, 0.15) is 5.75 Å². The molecule has 1 aromatic carbocycles. The summed E-state index contributed by atoms with van der Waals surface area (Å²) in [7, 11) is 1.63. The van der Waals surface area contributed by atoms with E-state index >= 15 is 0 Å². The summed E-state index contributed by atoms with van der Waals surface area (Å²) in [6.07, 6.45) is 0.733. The maximum absolute atomic E-state index is 6.04. The van der Waals surface area contributed by atoms with Gasteiger partial charge in [-0.2, -0.15) is 0 Å². The molecule has 2 nitrogen and oxygen atoms in total. The summed E-state index contributed by atoms with van der Waals surface area (Å²) < 4.78 is 5.23. The summed E-state index contributed by atoms with van der Waals surface area (Å²) in [5.74, 6) is 0.771. The Labute approximate surface area is 108 Å². The van der Waals surface area contributed by atoms with Gasteiger partial charge < -0.3 is 10.5 Å². The first-order valence-electron chi connectivity index (χ1n) is 4.78. The molecule has 0 unspecified atom stereocenters. The third-order valence-electron chi connectivity index (χ3n) is 2.16. The Hall–Kier alpha value is -0.700. The summed E-state index contributed by atoms with van der Waals surface area (Å²) in [5.41, 5.74) is 8.01. The lowest BCUT2D eigenvalue weighted by Crippen LogP contribution is -2.11. The fourth-order valence-electron chi connectivity index (χ4n) is 1.48. The van der Waals surface area contributed by atoms with Crippen molar-refractivity contribution in [2.75, 3.05) is 7.11 Å². The summed E-state index contributed by atoms with van der Waals surface area (Å²) >= 11 is 5.92. The van der Waals surface area contributed by atoms with Crippen molar-refractivity contribution in [2.45, 2.75) is 19.4 Å². The molecular formula is C12H17Cl2NO. The molecule has 0 saturated heterocycles. The lowest BCUT2D eigenvalue weighted by Gasteiger charge is -2.15. The molecule has 1 rings (SSSR count). The van der Waals surface area contributed by atoms with Gasteiger partial charge in [-0.1, -0.05) is 17.2 Å². The summed E-state index contributed by atoms with van der Waals surface area (Å²) in [4.78, 5) is 0. The fourth-order valence-corrected chi connectivity index (χ4v) is 1.66. The van der Waals surface area contributed by atoms with Crippen molar-refractivity contribution in [3.63, 3.8) is 0 Å². The van der Waals surface area contributed by atoms with Gasteiger partial charge in [0.2, 0.25) is 0 Å². The normalized spacial score (nSPS) is 11.5. The van der Waals surface area contributed by atoms with Crippen molar-refractivity contribution < 1.29 is 4.74 Å². The lowest BCUT2D eigenvalue weighted by molar-refractivity contribution is 0.405. The van der Waals surface area contributed by atoms with E-state index in [1.807, 2.05) is 19.1 Å². The number of methoxy groups -OCH3 is 1. The van der Waals surface area contributed by atoms with Gasteiger partial charge in [0.15, 0.2) is 0 Å². The zero-order chi connectivity index (χ0) is 11.4. The highest BCUT2D eigenvalue weighted by atomic mass is 35.5. The summed E-state index contributed by atoms with van der Waals surface area (Å²) in [6, 6.07) is 5.34. The molecule has 0 saturated carbocycles. The highest BCUT2D eigenvalue weighted by Crippen LogP contribution is 2.29. The number of ether oxygens (including phenoxy) is 1. The van der Waals surface area contributed by atoms with Crippen LogP contribution < -0.4 is 10.5 Å². The largest absolute Gasteiger partial charge is 0.496 e. The molecule has 0 amide bonds. The van der Waals surface area contributed by atoms with Crippen molar-refractivity contribution >= 4 is 24.0 Å². The number of nitrogens with two attached hydrogens (primary N) is 1. The van der Waals surface area contributed by atoms with Crippen LogP contribution in [0, 0.1) is 0 Å². The van der Waals surface area contributed by atoms with E-state index in [0.717, 1.165) is 23.3 Å². The Balaban J connectivity index is 0.00000225. The highest BCUT2D eigenvalue weighted by molar-refractivity contribution is 6.30. The van der Waals surface area contributed by atoms with Crippen molar-refractivity contribution in [3.05, 3.63) is 40.9 Å². The second-order valence-corrected chi connectivity index (χ2v) is 4.09. The van der Waals surface area contributed by atoms with Crippen LogP contribution in [0.2, 0.25) is 5.02 Å². The smallest absolute Gasteiger partial charge is 0.123 e. The molecule has 0 radical (unpaired) electrons. The number of rotatable bonds is 4. The minimum Gasteiger partial charge on any atom is -0.496 e. The van der Waals surface area contributed by atoms with Gasteiger partial charge in [-0.25, -0.2) is 0 Å². The number of halogens is 2. The van der Waals surface area contributed by atoms with E-state index in [9.17, 15) is 0 Å². The Morgan fingerprint density at radius 1 is 1.56 bits per heavy atom. The number of hydrogen-bond donors (Lipinski definition) is 1. The third kappa shape index (κ3) is 4.05. The second kappa shape index (κ2) is 6.79. The number of hydrogen-bond acceptors (Lipinski definition) is 2. The predicted octanol–water partition coefficient (Wildman–Crippen LogP) is 3.74. The first-order chi connectivity index (χ1) is 7.04. The minimum absolute atomic E-state index is 0. The predicted molar refractivity (Wildman–Crippen MR) is 71.6 cm³/mol. The van der Waals surface area contributed by atoms with Crippen LogP contribution >= 0.6 is 24.0 Å². The van der Waals surface area contributed by atoms with E-state index in [1.54, 1.807) is 13.2 Å². The first kappa shape index (κ1) is 15.3. The van der Waals surface area contributed by atoms with Gasteiger partial charge >= 0.3 is 0 Å². The molecule has 0 aliphatic heterocycles. The SMILES string of the molecule is C=C(C)C[C@@H](N)c1cc(Cl)ccc1OC.Cl. The second-order valence-electron chi connectivity index (χ2n) is 3.65. The van der Waals surface area contributed by atoms with Crippen molar-refractivity contribution in [3.8, 4) is 5.75 Å². The van der Waals surface area contributed by atoms with Crippen LogP contribution in [-0.4, -0.2) is 7.11 Å². The molecular weight excluding hydrogens is 245 g/mol. The highest BCUT2D eigenvalue weighted by Gasteiger charge is 2.12. The molecule has 0 fully saturated rings. The van der Waals surface area contributed by atoms with Crippen LogP contribution in [0.5, 0.6) is 5.75 Å². The lowest BCUT2D eigenvalue weighted by atomic mass is 10.0. The van der Waals surface area contributed by atoms with E-state index in [4.69, 9.17) is 22.1 Å². The van der Waals surface area contributed by atoms with Crippen LogP contribution in [0.25, 0.3) is 0 Å². The van der Waals surface area contributed by atoms with E-state index < -0.39 is 0 Å². The maximum Gasteiger partial charge on any atom is 0.123 e.